The Balaban J connectivity index is 1.66. The molecular formula is C24H32O2S2. The first-order chi connectivity index (χ1) is 13.7. The third-order valence-electron chi connectivity index (χ3n) is 4.72. The summed E-state index contributed by atoms with van der Waals surface area (Å²) in [6, 6.07) is 21.3. The molecule has 2 nitrogen and oxygen atoms in total. The Labute approximate surface area is 178 Å². The summed E-state index contributed by atoms with van der Waals surface area (Å²) in [5, 5.41) is 9.47. The van der Waals surface area contributed by atoms with Gasteiger partial charge in [0.05, 0.1) is 0 Å². The fraction of sp³-hybridized carbons (Fsp3) is 0.458. The molecule has 0 saturated carbocycles. The van der Waals surface area contributed by atoms with E-state index in [0.717, 1.165) is 37.9 Å². The first-order valence-corrected chi connectivity index (χ1v) is 12.4. The van der Waals surface area contributed by atoms with E-state index in [4.69, 9.17) is 5.11 Å². The van der Waals surface area contributed by atoms with Gasteiger partial charge in [0.2, 0.25) is 0 Å². The number of carbonyl (C=O) groups is 1. The van der Waals surface area contributed by atoms with Gasteiger partial charge in [0.25, 0.3) is 0 Å². The molecule has 0 radical (unpaired) electrons. The highest BCUT2D eigenvalue weighted by Gasteiger charge is 2.10. The van der Waals surface area contributed by atoms with Crippen LogP contribution in [0.25, 0.3) is 0 Å². The van der Waals surface area contributed by atoms with Crippen molar-refractivity contribution < 1.29 is 9.90 Å². The van der Waals surface area contributed by atoms with Gasteiger partial charge in [-0.2, -0.15) is 23.5 Å². The number of carboxylic acids is 1. The molecule has 28 heavy (non-hydrogen) atoms. The minimum atomic E-state index is -0.676. The van der Waals surface area contributed by atoms with Crippen molar-refractivity contribution in [3.8, 4) is 0 Å². The molecule has 1 unspecified atom stereocenters. The number of unbranched alkanes of at least 4 members (excludes halogenated alkanes) is 1. The van der Waals surface area contributed by atoms with Crippen LogP contribution < -0.4 is 0 Å². The van der Waals surface area contributed by atoms with E-state index < -0.39 is 5.97 Å². The van der Waals surface area contributed by atoms with Crippen molar-refractivity contribution in [3.63, 3.8) is 0 Å². The van der Waals surface area contributed by atoms with Crippen LogP contribution in [0.2, 0.25) is 0 Å². The highest BCUT2D eigenvalue weighted by atomic mass is 32.2. The zero-order valence-electron chi connectivity index (χ0n) is 16.6. The Morgan fingerprint density at radius 2 is 1.39 bits per heavy atom. The van der Waals surface area contributed by atoms with Crippen LogP contribution in [0.5, 0.6) is 0 Å². The molecule has 0 aliphatic rings. The number of aliphatic carboxylic acids is 1. The quantitative estimate of drug-likeness (QED) is 0.344. The summed E-state index contributed by atoms with van der Waals surface area (Å²) < 4.78 is 0. The van der Waals surface area contributed by atoms with Gasteiger partial charge in [0.1, 0.15) is 0 Å². The maximum atomic E-state index is 10.7. The van der Waals surface area contributed by atoms with E-state index in [9.17, 15) is 4.79 Å². The van der Waals surface area contributed by atoms with Crippen LogP contribution >= 0.6 is 23.5 Å². The summed E-state index contributed by atoms with van der Waals surface area (Å²) in [6.07, 6.45) is 6.70. The summed E-state index contributed by atoms with van der Waals surface area (Å²) in [4.78, 5) is 10.7. The summed E-state index contributed by atoms with van der Waals surface area (Å²) in [5.41, 5.74) is 2.81. The van der Waals surface area contributed by atoms with Crippen LogP contribution in [0.4, 0.5) is 0 Å². The van der Waals surface area contributed by atoms with E-state index in [1.165, 1.54) is 29.1 Å². The second-order valence-corrected chi connectivity index (χ2v) is 9.64. The van der Waals surface area contributed by atoms with Crippen molar-refractivity contribution in [1.29, 1.82) is 0 Å². The third kappa shape index (κ3) is 10.8. The lowest BCUT2D eigenvalue weighted by Crippen LogP contribution is -2.07. The van der Waals surface area contributed by atoms with E-state index in [0.29, 0.717) is 11.7 Å². The first kappa shape index (κ1) is 22.9. The number of hydrogen-bond donors (Lipinski definition) is 1. The molecule has 2 aromatic rings. The van der Waals surface area contributed by atoms with Crippen LogP contribution in [0.3, 0.4) is 0 Å². The second kappa shape index (κ2) is 14.6. The Kier molecular flexibility index (Phi) is 11.9. The van der Waals surface area contributed by atoms with E-state index in [1.807, 2.05) is 11.8 Å². The van der Waals surface area contributed by atoms with E-state index >= 15 is 0 Å². The molecule has 0 aromatic heterocycles. The molecule has 0 saturated heterocycles. The number of rotatable bonds is 15. The van der Waals surface area contributed by atoms with Crippen LogP contribution in [-0.2, 0) is 17.6 Å². The van der Waals surface area contributed by atoms with Gasteiger partial charge in [-0.05, 0) is 60.5 Å². The van der Waals surface area contributed by atoms with Gasteiger partial charge in [-0.3, -0.25) is 4.79 Å². The molecule has 0 bridgehead atoms. The SMILES string of the molecule is O=C(O)CCCCC(CCSCCc1ccccc1)SCCc1ccccc1. The maximum Gasteiger partial charge on any atom is 0.303 e. The standard InChI is InChI=1S/C24H32O2S2/c25-24(26)14-8-7-13-23(28-20-16-22-11-5-2-6-12-22)17-19-27-18-15-21-9-3-1-4-10-21/h1-6,9-12,23H,7-8,13-20H2,(H,25,26). The number of thioether (sulfide) groups is 2. The molecule has 0 fully saturated rings. The molecule has 0 spiro atoms. The Morgan fingerprint density at radius 1 is 0.786 bits per heavy atom. The van der Waals surface area contributed by atoms with Crippen LogP contribution in [-0.4, -0.2) is 33.6 Å². The zero-order chi connectivity index (χ0) is 19.9. The van der Waals surface area contributed by atoms with Crippen molar-refractivity contribution in [3.05, 3.63) is 71.8 Å². The summed E-state index contributed by atoms with van der Waals surface area (Å²) in [6.45, 7) is 0. The average Bonchev–Trinajstić information content (AvgIpc) is 2.72. The predicted molar refractivity (Wildman–Crippen MR) is 125 cm³/mol. The number of hydrogen-bond acceptors (Lipinski definition) is 3. The fourth-order valence-electron chi connectivity index (χ4n) is 3.10. The predicted octanol–water partition coefficient (Wildman–Crippen LogP) is 6.34. The molecule has 0 heterocycles. The molecule has 0 aliphatic carbocycles. The van der Waals surface area contributed by atoms with Gasteiger partial charge in [-0.25, -0.2) is 0 Å². The Bertz CT molecular complexity index is 646. The van der Waals surface area contributed by atoms with Crippen molar-refractivity contribution >= 4 is 29.5 Å². The molecule has 0 aliphatic heterocycles. The highest BCUT2D eigenvalue weighted by Crippen LogP contribution is 2.24. The Hall–Kier alpha value is -1.39. The number of aryl methyl sites for hydroxylation is 2. The lowest BCUT2D eigenvalue weighted by Gasteiger charge is -2.16. The van der Waals surface area contributed by atoms with Gasteiger partial charge < -0.3 is 5.11 Å². The molecule has 0 amide bonds. The van der Waals surface area contributed by atoms with Gasteiger partial charge in [0.15, 0.2) is 0 Å². The number of carboxylic acid groups (broad SMARTS) is 1. The van der Waals surface area contributed by atoms with Crippen LogP contribution in [0.1, 0.15) is 43.2 Å². The zero-order valence-corrected chi connectivity index (χ0v) is 18.2. The number of benzene rings is 2. The monoisotopic (exact) mass is 416 g/mol. The van der Waals surface area contributed by atoms with E-state index in [2.05, 4.69) is 72.4 Å². The molecule has 1 atom stereocenters. The van der Waals surface area contributed by atoms with Gasteiger partial charge in [0, 0.05) is 11.7 Å². The molecule has 2 rings (SSSR count). The molecule has 152 valence electrons. The fourth-order valence-corrected chi connectivity index (χ4v) is 5.59. The first-order valence-electron chi connectivity index (χ1n) is 10.2. The molecule has 2 aromatic carbocycles. The third-order valence-corrected chi connectivity index (χ3v) is 7.12. The van der Waals surface area contributed by atoms with Gasteiger partial charge in [-0.1, -0.05) is 67.1 Å². The minimum absolute atomic E-state index is 0.299. The summed E-state index contributed by atoms with van der Waals surface area (Å²) >= 11 is 4.11. The largest absolute Gasteiger partial charge is 0.481 e. The lowest BCUT2D eigenvalue weighted by atomic mass is 10.1. The maximum absolute atomic E-state index is 10.7. The smallest absolute Gasteiger partial charge is 0.303 e. The lowest BCUT2D eigenvalue weighted by molar-refractivity contribution is -0.137. The second-order valence-electron chi connectivity index (χ2n) is 7.00. The van der Waals surface area contributed by atoms with E-state index in [-0.39, 0.29) is 0 Å². The van der Waals surface area contributed by atoms with Crippen molar-refractivity contribution in [2.45, 2.75) is 50.2 Å². The van der Waals surface area contributed by atoms with Crippen LogP contribution in [0.15, 0.2) is 60.7 Å². The highest BCUT2D eigenvalue weighted by molar-refractivity contribution is 8.00. The van der Waals surface area contributed by atoms with Crippen LogP contribution in [0, 0.1) is 0 Å². The van der Waals surface area contributed by atoms with Crippen molar-refractivity contribution in [2.24, 2.45) is 0 Å². The topological polar surface area (TPSA) is 37.3 Å². The van der Waals surface area contributed by atoms with Crippen molar-refractivity contribution in [2.75, 3.05) is 17.3 Å². The summed E-state index contributed by atoms with van der Waals surface area (Å²) in [5.74, 6) is 2.83. The van der Waals surface area contributed by atoms with Gasteiger partial charge >= 0.3 is 5.97 Å². The molecule has 4 heteroatoms. The van der Waals surface area contributed by atoms with Crippen molar-refractivity contribution in [1.82, 2.24) is 0 Å². The Morgan fingerprint density at radius 3 is 2.00 bits per heavy atom. The molecule has 1 N–H and O–H groups in total. The van der Waals surface area contributed by atoms with Gasteiger partial charge in [-0.15, -0.1) is 0 Å². The normalized spacial score (nSPS) is 12.0. The minimum Gasteiger partial charge on any atom is -0.481 e. The van der Waals surface area contributed by atoms with E-state index in [1.54, 1.807) is 0 Å². The molecular weight excluding hydrogens is 384 g/mol. The average molecular weight is 417 g/mol. The summed E-state index contributed by atoms with van der Waals surface area (Å²) in [7, 11) is 0.